The van der Waals surface area contributed by atoms with Crippen LogP contribution in [0.25, 0.3) is 0 Å². The normalized spacial score (nSPS) is 10.5. The fourth-order valence-corrected chi connectivity index (χ4v) is 2.62. The van der Waals surface area contributed by atoms with Crippen LogP contribution in [-0.4, -0.2) is 26.2 Å². The molecule has 2 aromatic rings. The number of alkyl halides is 2. The number of rotatable bonds is 8. The lowest BCUT2D eigenvalue weighted by molar-refractivity contribution is 0.0818. The van der Waals surface area contributed by atoms with Gasteiger partial charge in [-0.05, 0) is 35.9 Å². The first-order valence-electron chi connectivity index (χ1n) is 7.82. The Morgan fingerprint density at radius 1 is 1.15 bits per heavy atom. The summed E-state index contributed by atoms with van der Waals surface area (Å²) in [6.07, 6.45) is -2.53. The Bertz CT molecular complexity index is 744. The second-order valence-electron chi connectivity index (χ2n) is 5.34. The summed E-state index contributed by atoms with van der Waals surface area (Å²) in [6, 6.07) is 11.8. The highest BCUT2D eigenvalue weighted by molar-refractivity contribution is 9.10. The summed E-state index contributed by atoms with van der Waals surface area (Å²) in [5.41, 5.74) is 1.58. The molecule has 0 spiro atoms. The molecule has 0 radical (unpaired) electrons. The number of ether oxygens (including phenoxy) is 2. The molecule has 0 aliphatic heterocycles. The van der Waals surface area contributed by atoms with Crippen molar-refractivity contribution >= 4 is 22.0 Å². The van der Waals surface area contributed by atoms with Crippen molar-refractivity contribution in [2.24, 2.45) is 0 Å². The van der Waals surface area contributed by atoms with Crippen molar-refractivity contribution in [3.63, 3.8) is 0 Å². The highest BCUT2D eigenvalue weighted by Gasteiger charge is 2.07. The van der Waals surface area contributed by atoms with Crippen LogP contribution in [0.3, 0.4) is 0 Å². The molecular weight excluding hydrogens is 410 g/mol. The molecule has 0 aliphatic carbocycles. The zero-order valence-electron chi connectivity index (χ0n) is 14.1. The number of methoxy groups -OCH3 is 1. The summed E-state index contributed by atoms with van der Waals surface area (Å²) < 4.78 is 35.5. The molecule has 2 amide bonds. The smallest absolute Gasteiger partial charge is 0.315 e. The standard InChI is InChI=1S/C18H19BrF2N2O3/c1-25-16-6-5-14(19)8-13(16)10-23-18(24)22-9-12-3-2-4-15(7-12)26-11-17(20)21/h2-8,17H,9-11H2,1H3,(H2,22,23,24). The van der Waals surface area contributed by atoms with Crippen molar-refractivity contribution in [2.75, 3.05) is 13.7 Å². The van der Waals surface area contributed by atoms with Gasteiger partial charge in [0, 0.05) is 23.1 Å². The molecule has 0 saturated carbocycles. The average Bonchev–Trinajstić information content (AvgIpc) is 2.63. The number of hydrogen-bond acceptors (Lipinski definition) is 3. The van der Waals surface area contributed by atoms with Gasteiger partial charge in [-0.15, -0.1) is 0 Å². The number of amides is 2. The van der Waals surface area contributed by atoms with E-state index in [1.165, 1.54) is 0 Å². The Morgan fingerprint density at radius 2 is 1.92 bits per heavy atom. The molecule has 0 aliphatic rings. The van der Waals surface area contributed by atoms with E-state index in [1.54, 1.807) is 31.4 Å². The van der Waals surface area contributed by atoms with Crippen LogP contribution in [-0.2, 0) is 13.1 Å². The van der Waals surface area contributed by atoms with E-state index in [9.17, 15) is 13.6 Å². The van der Waals surface area contributed by atoms with Gasteiger partial charge >= 0.3 is 6.03 Å². The third-order valence-electron chi connectivity index (χ3n) is 3.41. The first-order chi connectivity index (χ1) is 12.5. The Hall–Kier alpha value is -2.35. The number of carbonyl (C=O) groups is 1. The maximum Gasteiger partial charge on any atom is 0.315 e. The lowest BCUT2D eigenvalue weighted by Gasteiger charge is -2.12. The van der Waals surface area contributed by atoms with E-state index >= 15 is 0 Å². The van der Waals surface area contributed by atoms with Gasteiger partial charge in [0.05, 0.1) is 7.11 Å². The largest absolute Gasteiger partial charge is 0.496 e. The van der Waals surface area contributed by atoms with Crippen LogP contribution < -0.4 is 20.1 Å². The molecule has 5 nitrogen and oxygen atoms in total. The van der Waals surface area contributed by atoms with Gasteiger partial charge in [-0.25, -0.2) is 13.6 Å². The van der Waals surface area contributed by atoms with Crippen LogP contribution in [0.5, 0.6) is 11.5 Å². The number of benzene rings is 2. The first-order valence-corrected chi connectivity index (χ1v) is 8.61. The van der Waals surface area contributed by atoms with Crippen molar-refractivity contribution in [2.45, 2.75) is 19.5 Å². The van der Waals surface area contributed by atoms with E-state index in [4.69, 9.17) is 9.47 Å². The fraction of sp³-hybridized carbons (Fsp3) is 0.278. The van der Waals surface area contributed by atoms with E-state index < -0.39 is 13.0 Å². The van der Waals surface area contributed by atoms with Crippen LogP contribution in [0, 0.1) is 0 Å². The number of urea groups is 1. The molecule has 2 N–H and O–H groups in total. The lowest BCUT2D eigenvalue weighted by Crippen LogP contribution is -2.34. The third kappa shape index (κ3) is 6.51. The summed E-state index contributed by atoms with van der Waals surface area (Å²) in [6.45, 7) is -0.120. The van der Waals surface area contributed by atoms with E-state index in [0.29, 0.717) is 18.0 Å². The molecule has 2 rings (SSSR count). The van der Waals surface area contributed by atoms with Gasteiger partial charge in [-0.1, -0.05) is 28.1 Å². The minimum Gasteiger partial charge on any atom is -0.496 e. The summed E-state index contributed by atoms with van der Waals surface area (Å²) in [4.78, 5) is 12.0. The number of nitrogens with one attached hydrogen (secondary N) is 2. The molecule has 0 aromatic heterocycles. The maximum absolute atomic E-state index is 12.2. The van der Waals surface area contributed by atoms with Gasteiger partial charge in [0.1, 0.15) is 18.1 Å². The Balaban J connectivity index is 1.84. The van der Waals surface area contributed by atoms with E-state index in [0.717, 1.165) is 15.6 Å². The third-order valence-corrected chi connectivity index (χ3v) is 3.90. The quantitative estimate of drug-likeness (QED) is 0.665. The van der Waals surface area contributed by atoms with Gasteiger partial charge < -0.3 is 20.1 Å². The number of halogens is 3. The van der Waals surface area contributed by atoms with Gasteiger partial charge in [0.25, 0.3) is 6.43 Å². The van der Waals surface area contributed by atoms with E-state index in [1.807, 2.05) is 18.2 Å². The Morgan fingerprint density at radius 3 is 2.65 bits per heavy atom. The second-order valence-corrected chi connectivity index (χ2v) is 6.26. The number of carbonyl (C=O) groups excluding carboxylic acids is 1. The molecule has 26 heavy (non-hydrogen) atoms. The minimum absolute atomic E-state index is 0.243. The van der Waals surface area contributed by atoms with Gasteiger partial charge in [0.15, 0.2) is 0 Å². The second kappa shape index (κ2) is 9.96. The Kier molecular flexibility index (Phi) is 7.65. The molecule has 2 aromatic carbocycles. The number of hydrogen-bond donors (Lipinski definition) is 2. The van der Waals surface area contributed by atoms with Crippen molar-refractivity contribution in [3.05, 3.63) is 58.1 Å². The van der Waals surface area contributed by atoms with E-state index in [-0.39, 0.29) is 12.6 Å². The summed E-state index contributed by atoms with van der Waals surface area (Å²) >= 11 is 3.38. The molecule has 140 valence electrons. The summed E-state index contributed by atoms with van der Waals surface area (Å²) in [5, 5.41) is 5.45. The van der Waals surface area contributed by atoms with Crippen LogP contribution >= 0.6 is 15.9 Å². The molecule has 0 bridgehead atoms. The van der Waals surface area contributed by atoms with Crippen molar-refractivity contribution < 1.29 is 23.0 Å². The molecule has 0 unspecified atom stereocenters. The average molecular weight is 429 g/mol. The van der Waals surface area contributed by atoms with Crippen molar-refractivity contribution in [1.82, 2.24) is 10.6 Å². The highest BCUT2D eigenvalue weighted by atomic mass is 79.9. The maximum atomic E-state index is 12.2. The van der Waals surface area contributed by atoms with E-state index in [2.05, 4.69) is 26.6 Å². The highest BCUT2D eigenvalue weighted by Crippen LogP contribution is 2.22. The predicted molar refractivity (Wildman–Crippen MR) is 97.7 cm³/mol. The van der Waals surface area contributed by atoms with Crippen LogP contribution in [0.4, 0.5) is 13.6 Å². The molecule has 0 heterocycles. The van der Waals surface area contributed by atoms with Crippen molar-refractivity contribution in [3.8, 4) is 11.5 Å². The molecular formula is C18H19BrF2N2O3. The minimum atomic E-state index is -2.53. The fourth-order valence-electron chi connectivity index (χ4n) is 2.21. The van der Waals surface area contributed by atoms with Gasteiger partial charge in [-0.3, -0.25) is 0 Å². The Labute approximate surface area is 158 Å². The monoisotopic (exact) mass is 428 g/mol. The molecule has 0 saturated heterocycles. The first kappa shape index (κ1) is 20.0. The predicted octanol–water partition coefficient (Wildman–Crippen LogP) is 4.10. The van der Waals surface area contributed by atoms with Gasteiger partial charge in [-0.2, -0.15) is 0 Å². The van der Waals surface area contributed by atoms with Crippen LogP contribution in [0.2, 0.25) is 0 Å². The molecule has 0 fully saturated rings. The van der Waals surface area contributed by atoms with Gasteiger partial charge in [0.2, 0.25) is 0 Å². The zero-order valence-corrected chi connectivity index (χ0v) is 15.7. The summed E-state index contributed by atoms with van der Waals surface area (Å²) in [7, 11) is 1.57. The van der Waals surface area contributed by atoms with Crippen LogP contribution in [0.15, 0.2) is 46.9 Å². The zero-order chi connectivity index (χ0) is 18.9. The SMILES string of the molecule is COc1ccc(Br)cc1CNC(=O)NCc1cccc(OCC(F)F)c1. The molecule has 8 heteroatoms. The van der Waals surface area contributed by atoms with Crippen molar-refractivity contribution in [1.29, 1.82) is 0 Å². The topological polar surface area (TPSA) is 59.6 Å². The molecule has 0 atom stereocenters. The lowest BCUT2D eigenvalue weighted by atomic mass is 10.2. The van der Waals surface area contributed by atoms with Crippen LogP contribution in [0.1, 0.15) is 11.1 Å². The summed E-state index contributed by atoms with van der Waals surface area (Å²) in [5.74, 6) is 1.02.